The maximum absolute atomic E-state index is 10.5. The van der Waals surface area contributed by atoms with E-state index in [1.54, 1.807) is 0 Å². The van der Waals surface area contributed by atoms with Gasteiger partial charge in [-0.25, -0.2) is 0 Å². The van der Waals surface area contributed by atoms with Gasteiger partial charge in [0.15, 0.2) is 0 Å². The fourth-order valence-corrected chi connectivity index (χ4v) is 3.93. The molecule has 1 saturated carbocycles. The van der Waals surface area contributed by atoms with E-state index in [2.05, 4.69) is 29.6 Å². The van der Waals surface area contributed by atoms with Crippen LogP contribution in [0.2, 0.25) is 0 Å². The number of hydrogen-bond donors (Lipinski definition) is 2. The monoisotopic (exact) mass is 273 g/mol. The van der Waals surface area contributed by atoms with Gasteiger partial charge in [-0.1, -0.05) is 43.5 Å². The maximum Gasteiger partial charge on any atom is 0.0771 e. The molecule has 1 aromatic carbocycles. The molecule has 0 bridgehead atoms. The molecule has 0 radical (unpaired) electrons. The van der Waals surface area contributed by atoms with Gasteiger partial charge in [0.2, 0.25) is 0 Å². The topological polar surface area (TPSA) is 32.3 Å². The van der Waals surface area contributed by atoms with Gasteiger partial charge in [-0.15, -0.1) is 0 Å². The van der Waals surface area contributed by atoms with Gasteiger partial charge in [0.1, 0.15) is 0 Å². The Hall–Kier alpha value is -0.860. The molecule has 2 N–H and O–H groups in total. The van der Waals surface area contributed by atoms with Crippen LogP contribution in [-0.2, 0) is 6.42 Å². The van der Waals surface area contributed by atoms with Crippen LogP contribution in [-0.4, -0.2) is 23.8 Å². The zero-order valence-electron chi connectivity index (χ0n) is 12.4. The summed E-state index contributed by atoms with van der Waals surface area (Å²) in [6, 6.07) is 8.87. The Balaban J connectivity index is 1.54. The lowest BCUT2D eigenvalue weighted by Crippen LogP contribution is -2.43. The number of hydrogen-bond acceptors (Lipinski definition) is 2. The van der Waals surface area contributed by atoms with Crippen LogP contribution in [0, 0.1) is 0 Å². The Labute approximate surface area is 122 Å². The summed E-state index contributed by atoms with van der Waals surface area (Å²) in [5, 5.41) is 14.1. The lowest BCUT2D eigenvalue weighted by molar-refractivity contribution is 0.00473. The van der Waals surface area contributed by atoms with E-state index in [0.717, 1.165) is 25.9 Å². The standard InChI is InChI=1S/C18H27NO/c20-18(11-4-1-5-12-18)14-19-13-16-9-6-8-15-7-2-3-10-17(15)16/h2-3,7,10,16,19-20H,1,4-6,8-9,11-14H2. The summed E-state index contributed by atoms with van der Waals surface area (Å²) in [5.41, 5.74) is 2.62. The van der Waals surface area contributed by atoms with Gasteiger partial charge in [0, 0.05) is 13.1 Å². The van der Waals surface area contributed by atoms with Crippen LogP contribution in [0.1, 0.15) is 62.0 Å². The molecule has 0 spiro atoms. The first-order valence-electron chi connectivity index (χ1n) is 8.28. The molecule has 0 heterocycles. The molecule has 2 nitrogen and oxygen atoms in total. The Morgan fingerprint density at radius 2 is 1.90 bits per heavy atom. The molecule has 1 aromatic rings. The predicted molar refractivity (Wildman–Crippen MR) is 83.0 cm³/mol. The third-order valence-electron chi connectivity index (χ3n) is 5.12. The zero-order chi connectivity index (χ0) is 13.8. The van der Waals surface area contributed by atoms with E-state index in [0.29, 0.717) is 5.92 Å². The van der Waals surface area contributed by atoms with E-state index in [1.165, 1.54) is 49.7 Å². The van der Waals surface area contributed by atoms with Crippen molar-refractivity contribution in [1.82, 2.24) is 5.32 Å². The minimum absolute atomic E-state index is 0.438. The third kappa shape index (κ3) is 3.24. The fraction of sp³-hybridized carbons (Fsp3) is 0.667. The molecule has 1 fully saturated rings. The summed E-state index contributed by atoms with van der Waals surface area (Å²) in [6.07, 6.45) is 9.42. The average molecular weight is 273 g/mol. The molecule has 20 heavy (non-hydrogen) atoms. The van der Waals surface area contributed by atoms with Crippen molar-refractivity contribution in [2.75, 3.05) is 13.1 Å². The Bertz CT molecular complexity index is 437. The van der Waals surface area contributed by atoms with Crippen LogP contribution in [0.15, 0.2) is 24.3 Å². The van der Waals surface area contributed by atoms with Crippen molar-refractivity contribution in [2.24, 2.45) is 0 Å². The van der Waals surface area contributed by atoms with Gasteiger partial charge in [-0.05, 0) is 49.1 Å². The second-order valence-electron chi connectivity index (χ2n) is 6.70. The quantitative estimate of drug-likeness (QED) is 0.881. The van der Waals surface area contributed by atoms with E-state index in [4.69, 9.17) is 0 Å². The van der Waals surface area contributed by atoms with Crippen LogP contribution < -0.4 is 5.32 Å². The lowest BCUT2D eigenvalue weighted by atomic mass is 9.82. The van der Waals surface area contributed by atoms with Gasteiger partial charge in [-0.3, -0.25) is 0 Å². The van der Waals surface area contributed by atoms with Crippen molar-refractivity contribution >= 4 is 0 Å². The van der Waals surface area contributed by atoms with E-state index in [9.17, 15) is 5.11 Å². The summed E-state index contributed by atoms with van der Waals surface area (Å²) in [5.74, 6) is 0.632. The normalized spacial score (nSPS) is 25.1. The molecular weight excluding hydrogens is 246 g/mol. The van der Waals surface area contributed by atoms with E-state index >= 15 is 0 Å². The van der Waals surface area contributed by atoms with Crippen LogP contribution in [0.3, 0.4) is 0 Å². The highest BCUT2D eigenvalue weighted by molar-refractivity contribution is 5.32. The van der Waals surface area contributed by atoms with Crippen LogP contribution in [0.5, 0.6) is 0 Å². The molecule has 1 unspecified atom stereocenters. The summed E-state index contributed by atoms with van der Waals surface area (Å²) < 4.78 is 0. The summed E-state index contributed by atoms with van der Waals surface area (Å²) in [6.45, 7) is 1.78. The summed E-state index contributed by atoms with van der Waals surface area (Å²) in [7, 11) is 0. The number of benzene rings is 1. The van der Waals surface area contributed by atoms with Gasteiger partial charge < -0.3 is 10.4 Å². The minimum Gasteiger partial charge on any atom is -0.389 e. The summed E-state index contributed by atoms with van der Waals surface area (Å²) in [4.78, 5) is 0. The number of nitrogens with one attached hydrogen (secondary N) is 1. The van der Waals surface area contributed by atoms with Gasteiger partial charge in [-0.2, -0.15) is 0 Å². The predicted octanol–water partition coefficient (Wildman–Crippen LogP) is 3.39. The summed E-state index contributed by atoms with van der Waals surface area (Å²) >= 11 is 0. The van der Waals surface area contributed by atoms with E-state index in [1.807, 2.05) is 0 Å². The van der Waals surface area contributed by atoms with Gasteiger partial charge in [0.05, 0.1) is 5.60 Å². The molecule has 0 saturated heterocycles. The van der Waals surface area contributed by atoms with Crippen LogP contribution in [0.4, 0.5) is 0 Å². The number of rotatable bonds is 4. The van der Waals surface area contributed by atoms with Crippen molar-refractivity contribution in [3.63, 3.8) is 0 Å². The second kappa shape index (κ2) is 6.28. The van der Waals surface area contributed by atoms with Crippen molar-refractivity contribution in [3.05, 3.63) is 35.4 Å². The fourth-order valence-electron chi connectivity index (χ4n) is 3.93. The molecule has 2 heteroatoms. The number of aryl methyl sites for hydroxylation is 1. The minimum atomic E-state index is -0.438. The molecule has 0 aromatic heterocycles. The second-order valence-corrected chi connectivity index (χ2v) is 6.70. The average Bonchev–Trinajstić information content (AvgIpc) is 2.48. The number of fused-ring (bicyclic) bond motifs is 1. The zero-order valence-corrected chi connectivity index (χ0v) is 12.4. The highest BCUT2D eigenvalue weighted by Crippen LogP contribution is 2.31. The van der Waals surface area contributed by atoms with Crippen LogP contribution in [0.25, 0.3) is 0 Å². The third-order valence-corrected chi connectivity index (χ3v) is 5.12. The molecule has 0 aliphatic heterocycles. The van der Waals surface area contributed by atoms with E-state index < -0.39 is 5.60 Å². The molecule has 0 amide bonds. The highest BCUT2D eigenvalue weighted by atomic mass is 16.3. The van der Waals surface area contributed by atoms with Crippen molar-refractivity contribution in [2.45, 2.75) is 62.9 Å². The van der Waals surface area contributed by atoms with Crippen LogP contribution >= 0.6 is 0 Å². The van der Waals surface area contributed by atoms with E-state index in [-0.39, 0.29) is 0 Å². The Morgan fingerprint density at radius 1 is 1.10 bits per heavy atom. The molecule has 1 atom stereocenters. The first kappa shape index (κ1) is 14.1. The van der Waals surface area contributed by atoms with Gasteiger partial charge >= 0.3 is 0 Å². The largest absolute Gasteiger partial charge is 0.389 e. The Morgan fingerprint density at radius 3 is 2.75 bits per heavy atom. The van der Waals surface area contributed by atoms with Crippen molar-refractivity contribution < 1.29 is 5.11 Å². The molecular formula is C18H27NO. The molecule has 2 aliphatic rings. The molecule has 110 valence electrons. The molecule has 2 aliphatic carbocycles. The first-order valence-corrected chi connectivity index (χ1v) is 8.28. The number of aliphatic hydroxyl groups is 1. The van der Waals surface area contributed by atoms with Gasteiger partial charge in [0.25, 0.3) is 0 Å². The first-order chi connectivity index (χ1) is 9.77. The maximum atomic E-state index is 10.5. The highest BCUT2D eigenvalue weighted by Gasteiger charge is 2.29. The van der Waals surface area contributed by atoms with Crippen molar-refractivity contribution in [3.8, 4) is 0 Å². The van der Waals surface area contributed by atoms with Crippen molar-refractivity contribution in [1.29, 1.82) is 0 Å². The Kier molecular flexibility index (Phi) is 4.42. The lowest BCUT2D eigenvalue weighted by Gasteiger charge is -2.33. The SMILES string of the molecule is OC1(CNCC2CCCc3ccccc32)CCCCC1. The smallest absolute Gasteiger partial charge is 0.0771 e. The molecule has 3 rings (SSSR count).